The zero-order chi connectivity index (χ0) is 17.1. The summed E-state index contributed by atoms with van der Waals surface area (Å²) in [6, 6.07) is 7.82. The smallest absolute Gasteiger partial charge is 0.241 e. The summed E-state index contributed by atoms with van der Waals surface area (Å²) in [4.78, 5) is 23.3. The molecule has 0 atom stereocenters. The molecule has 2 heterocycles. The van der Waals surface area contributed by atoms with E-state index in [0.717, 1.165) is 23.5 Å². The van der Waals surface area contributed by atoms with Gasteiger partial charge < -0.3 is 9.88 Å². The van der Waals surface area contributed by atoms with Crippen molar-refractivity contribution in [2.24, 2.45) is 0 Å². The first kappa shape index (κ1) is 16.4. The lowest BCUT2D eigenvalue weighted by Gasteiger charge is -2.32. The summed E-state index contributed by atoms with van der Waals surface area (Å²) in [5.41, 5.74) is 2.76. The number of benzene rings is 1. The summed E-state index contributed by atoms with van der Waals surface area (Å²) in [7, 11) is 1.95. The summed E-state index contributed by atoms with van der Waals surface area (Å²) >= 11 is 5.48. The van der Waals surface area contributed by atoms with Gasteiger partial charge in [0.05, 0.1) is 18.4 Å². The van der Waals surface area contributed by atoms with Crippen molar-refractivity contribution in [3.8, 4) is 11.3 Å². The van der Waals surface area contributed by atoms with Gasteiger partial charge in [0.25, 0.3) is 0 Å². The molecule has 2 N–H and O–H groups in total. The van der Waals surface area contributed by atoms with Gasteiger partial charge in [-0.15, -0.1) is 0 Å². The molecule has 0 unspecified atom stereocenters. The predicted molar refractivity (Wildman–Crippen MR) is 96.5 cm³/mol. The second kappa shape index (κ2) is 6.98. The summed E-state index contributed by atoms with van der Waals surface area (Å²) in [5.74, 6) is 0.753. The van der Waals surface area contributed by atoms with Gasteiger partial charge in [-0.3, -0.25) is 15.1 Å². The molecular weight excluding hydrogens is 326 g/mol. The van der Waals surface area contributed by atoms with E-state index in [-0.39, 0.29) is 11.1 Å². The Kier molecular flexibility index (Phi) is 4.78. The summed E-state index contributed by atoms with van der Waals surface area (Å²) in [6.45, 7) is 2.03. The largest absolute Gasteiger partial charge is 0.338 e. The van der Waals surface area contributed by atoms with Crippen molar-refractivity contribution in [3.63, 3.8) is 0 Å². The van der Waals surface area contributed by atoms with Gasteiger partial charge in [0.2, 0.25) is 5.91 Å². The molecule has 3 rings (SSSR count). The Balaban J connectivity index is 1.75. The Morgan fingerprint density at radius 3 is 2.75 bits per heavy atom. The van der Waals surface area contributed by atoms with Crippen LogP contribution in [-0.2, 0) is 4.79 Å². The van der Waals surface area contributed by atoms with Crippen LogP contribution in [0.4, 0.5) is 5.69 Å². The molecule has 0 radical (unpaired) electrons. The molecule has 7 heteroatoms. The fourth-order valence-corrected chi connectivity index (χ4v) is 2.67. The number of H-pyrrole nitrogens is 1. The number of aromatic nitrogens is 2. The number of allylic oxidation sites excluding steroid dienone is 1. The number of nitrogens with one attached hydrogen (secondary N) is 2. The number of hydrogen-bond donors (Lipinski definition) is 2. The normalized spacial score (nSPS) is 16.1. The maximum atomic E-state index is 12.1. The van der Waals surface area contributed by atoms with E-state index < -0.39 is 0 Å². The number of nitrogens with zero attached hydrogens (tertiary/aromatic N) is 3. The van der Waals surface area contributed by atoms with E-state index in [4.69, 9.17) is 17.0 Å². The van der Waals surface area contributed by atoms with E-state index >= 15 is 0 Å². The van der Waals surface area contributed by atoms with Crippen molar-refractivity contribution in [2.75, 3.05) is 31.6 Å². The SMILES string of the molecule is CN1CCN(c2ccc(-c3cnc(/C=C\C(=N)Cl)[nH]3)cc2)C(=O)C1. The Morgan fingerprint density at radius 1 is 1.33 bits per heavy atom. The molecule has 6 nitrogen and oxygen atoms in total. The zero-order valence-electron chi connectivity index (χ0n) is 13.3. The van der Waals surface area contributed by atoms with E-state index in [1.807, 2.05) is 41.1 Å². The molecule has 0 aliphatic carbocycles. The van der Waals surface area contributed by atoms with Crippen molar-refractivity contribution in [1.82, 2.24) is 14.9 Å². The number of rotatable bonds is 4. The van der Waals surface area contributed by atoms with Crippen molar-refractivity contribution >= 4 is 34.4 Å². The Hall–Kier alpha value is -2.44. The van der Waals surface area contributed by atoms with Crippen LogP contribution in [0.3, 0.4) is 0 Å². The molecule has 0 spiro atoms. The number of carbonyl (C=O) groups excluding carboxylic acids is 1. The Morgan fingerprint density at radius 2 is 2.08 bits per heavy atom. The number of amides is 1. The van der Waals surface area contributed by atoms with Gasteiger partial charge in [0, 0.05) is 18.8 Å². The third kappa shape index (κ3) is 3.72. The van der Waals surface area contributed by atoms with Crippen LogP contribution < -0.4 is 4.90 Å². The fraction of sp³-hybridized carbons (Fsp3) is 0.235. The minimum Gasteiger partial charge on any atom is -0.338 e. The minimum atomic E-state index is -0.0471. The Labute approximate surface area is 145 Å². The van der Waals surface area contributed by atoms with Crippen LogP contribution in [0.5, 0.6) is 0 Å². The lowest BCUT2D eigenvalue weighted by molar-refractivity contribution is -0.120. The maximum absolute atomic E-state index is 12.1. The van der Waals surface area contributed by atoms with E-state index in [1.54, 1.807) is 12.3 Å². The summed E-state index contributed by atoms with van der Waals surface area (Å²) in [6.07, 6.45) is 4.84. The van der Waals surface area contributed by atoms with Gasteiger partial charge in [0.1, 0.15) is 11.0 Å². The first-order chi connectivity index (χ1) is 11.5. The molecule has 1 aromatic heterocycles. The second-order valence-electron chi connectivity index (χ2n) is 5.69. The van der Waals surface area contributed by atoms with Crippen LogP contribution >= 0.6 is 11.6 Å². The second-order valence-corrected chi connectivity index (χ2v) is 6.10. The monoisotopic (exact) mass is 343 g/mol. The van der Waals surface area contributed by atoms with Crippen molar-refractivity contribution < 1.29 is 4.79 Å². The van der Waals surface area contributed by atoms with Gasteiger partial charge in [-0.25, -0.2) is 4.98 Å². The van der Waals surface area contributed by atoms with E-state index in [2.05, 4.69) is 9.97 Å². The molecule has 1 aliphatic rings. The number of likely N-dealkylation sites (N-methyl/N-ethyl adjacent to an activating group) is 1. The summed E-state index contributed by atoms with van der Waals surface area (Å²) in [5, 5.41) is 7.12. The van der Waals surface area contributed by atoms with Crippen LogP contribution in [0.15, 0.2) is 36.5 Å². The molecule has 124 valence electrons. The Bertz CT molecular complexity index is 781. The fourth-order valence-electron chi connectivity index (χ4n) is 2.60. The van der Waals surface area contributed by atoms with Gasteiger partial charge >= 0.3 is 0 Å². The molecule has 0 bridgehead atoms. The van der Waals surface area contributed by atoms with Crippen LogP contribution in [0.2, 0.25) is 0 Å². The van der Waals surface area contributed by atoms with Crippen LogP contribution in [0, 0.1) is 5.41 Å². The highest BCUT2D eigenvalue weighted by atomic mass is 35.5. The lowest BCUT2D eigenvalue weighted by atomic mass is 10.1. The molecule has 1 fully saturated rings. The van der Waals surface area contributed by atoms with Crippen LogP contribution in [0.1, 0.15) is 5.82 Å². The molecule has 1 saturated heterocycles. The third-order valence-electron chi connectivity index (χ3n) is 3.88. The van der Waals surface area contributed by atoms with E-state index in [9.17, 15) is 4.79 Å². The standard InChI is InChI=1S/C17H18ClN5O/c1-22-8-9-23(17(24)11-22)13-4-2-12(3-5-13)14-10-20-16(21-14)7-6-15(18)19/h2-7,10,19H,8-9,11H2,1H3,(H,20,21)/b7-6-,19-15?. The van der Waals surface area contributed by atoms with Gasteiger partial charge in [0.15, 0.2) is 0 Å². The first-order valence-electron chi connectivity index (χ1n) is 7.59. The highest BCUT2D eigenvalue weighted by Gasteiger charge is 2.22. The number of anilines is 1. The van der Waals surface area contributed by atoms with Crippen LogP contribution in [0.25, 0.3) is 17.3 Å². The average Bonchev–Trinajstić information content (AvgIpc) is 3.02. The quantitative estimate of drug-likeness (QED) is 0.838. The van der Waals surface area contributed by atoms with Crippen molar-refractivity contribution in [3.05, 3.63) is 42.4 Å². The molecule has 1 aromatic carbocycles. The van der Waals surface area contributed by atoms with Gasteiger partial charge in [-0.05, 0) is 36.9 Å². The summed E-state index contributed by atoms with van der Waals surface area (Å²) < 4.78 is 0. The number of piperazine rings is 1. The molecular formula is C17H18ClN5O. The first-order valence-corrected chi connectivity index (χ1v) is 7.97. The average molecular weight is 344 g/mol. The lowest BCUT2D eigenvalue weighted by Crippen LogP contribution is -2.48. The van der Waals surface area contributed by atoms with Crippen LogP contribution in [-0.4, -0.2) is 52.6 Å². The number of carbonyl (C=O) groups is 1. The number of hydrogen-bond acceptors (Lipinski definition) is 4. The van der Waals surface area contributed by atoms with Gasteiger partial charge in [-0.1, -0.05) is 23.7 Å². The third-order valence-corrected chi connectivity index (χ3v) is 4.01. The molecule has 2 aromatic rings. The van der Waals surface area contributed by atoms with E-state index in [0.29, 0.717) is 18.9 Å². The highest BCUT2D eigenvalue weighted by molar-refractivity contribution is 6.67. The topological polar surface area (TPSA) is 76.1 Å². The molecule has 0 saturated carbocycles. The zero-order valence-corrected chi connectivity index (χ0v) is 14.0. The minimum absolute atomic E-state index is 0.0471. The number of aromatic amines is 1. The molecule has 1 aliphatic heterocycles. The number of imidazole rings is 1. The molecule has 1 amide bonds. The van der Waals surface area contributed by atoms with E-state index in [1.165, 1.54) is 6.08 Å². The maximum Gasteiger partial charge on any atom is 0.241 e. The molecule has 24 heavy (non-hydrogen) atoms. The predicted octanol–water partition coefficient (Wildman–Crippen LogP) is 2.58. The van der Waals surface area contributed by atoms with Crippen molar-refractivity contribution in [1.29, 1.82) is 5.41 Å². The van der Waals surface area contributed by atoms with Gasteiger partial charge in [-0.2, -0.15) is 0 Å². The highest BCUT2D eigenvalue weighted by Crippen LogP contribution is 2.23. The van der Waals surface area contributed by atoms with Crippen molar-refractivity contribution in [2.45, 2.75) is 0 Å². The number of halogens is 1.